The molecule has 2 atom stereocenters. The first-order valence-corrected chi connectivity index (χ1v) is 8.02. The monoisotopic (exact) mass is 261 g/mol. The van der Waals surface area contributed by atoms with E-state index in [9.17, 15) is 0 Å². The van der Waals surface area contributed by atoms with E-state index >= 15 is 0 Å². The van der Waals surface area contributed by atoms with Crippen LogP contribution in [0.4, 0.5) is 0 Å². The number of rotatable bonds is 10. The van der Waals surface area contributed by atoms with Crippen LogP contribution in [0.3, 0.4) is 0 Å². The van der Waals surface area contributed by atoms with Crippen LogP contribution in [0.5, 0.6) is 0 Å². The fourth-order valence-electron chi connectivity index (χ4n) is 2.65. The van der Waals surface area contributed by atoms with E-state index < -0.39 is 0 Å². The maximum Gasteiger partial charge on any atom is 0.00816 e. The number of unbranched alkanes of at least 4 members (excludes halogenated alkanes) is 4. The number of nitrogens with one attached hydrogen (secondary N) is 1. The first-order valence-electron chi connectivity index (χ1n) is 8.02. The van der Waals surface area contributed by atoms with Gasteiger partial charge >= 0.3 is 0 Å². The lowest BCUT2D eigenvalue weighted by Gasteiger charge is -2.20. The van der Waals surface area contributed by atoms with Crippen LogP contribution >= 0.6 is 0 Å². The molecule has 0 heterocycles. The molecule has 108 valence electrons. The summed E-state index contributed by atoms with van der Waals surface area (Å²) >= 11 is 0. The predicted molar refractivity (Wildman–Crippen MR) is 85.6 cm³/mol. The van der Waals surface area contributed by atoms with Crippen LogP contribution in [0.15, 0.2) is 30.3 Å². The van der Waals surface area contributed by atoms with Crippen LogP contribution in [0.1, 0.15) is 64.9 Å². The van der Waals surface area contributed by atoms with Gasteiger partial charge in [0.2, 0.25) is 0 Å². The van der Waals surface area contributed by atoms with E-state index in [-0.39, 0.29) is 0 Å². The molecule has 2 unspecified atom stereocenters. The van der Waals surface area contributed by atoms with E-state index in [4.69, 9.17) is 0 Å². The SMILES string of the molecule is CCCCCCCC(C)NC(C)Cc1ccccc1. The van der Waals surface area contributed by atoms with Crippen molar-refractivity contribution < 1.29 is 0 Å². The fourth-order valence-corrected chi connectivity index (χ4v) is 2.65. The molecule has 0 fully saturated rings. The molecule has 0 saturated heterocycles. The van der Waals surface area contributed by atoms with E-state index in [1.165, 1.54) is 44.1 Å². The maximum absolute atomic E-state index is 3.72. The minimum absolute atomic E-state index is 0.563. The van der Waals surface area contributed by atoms with Gasteiger partial charge in [-0.2, -0.15) is 0 Å². The molecule has 0 aliphatic heterocycles. The Labute approximate surface area is 119 Å². The summed E-state index contributed by atoms with van der Waals surface area (Å²) in [5, 5.41) is 3.72. The first kappa shape index (κ1) is 16.2. The highest BCUT2D eigenvalue weighted by molar-refractivity contribution is 5.15. The molecule has 19 heavy (non-hydrogen) atoms. The molecule has 1 aromatic rings. The number of hydrogen-bond acceptors (Lipinski definition) is 1. The van der Waals surface area contributed by atoms with Crippen LogP contribution in [0, 0.1) is 0 Å². The fraction of sp³-hybridized carbons (Fsp3) is 0.667. The lowest BCUT2D eigenvalue weighted by Crippen LogP contribution is -2.35. The standard InChI is InChI=1S/C18H31N/c1-4-5-6-7-9-12-16(2)19-17(3)15-18-13-10-8-11-14-18/h8,10-11,13-14,16-17,19H,4-7,9,12,15H2,1-3H3. The third kappa shape index (κ3) is 8.05. The highest BCUT2D eigenvalue weighted by Gasteiger charge is 2.07. The van der Waals surface area contributed by atoms with Crippen molar-refractivity contribution in [2.24, 2.45) is 0 Å². The molecule has 1 N–H and O–H groups in total. The van der Waals surface area contributed by atoms with Crippen LogP contribution in [0.2, 0.25) is 0 Å². The van der Waals surface area contributed by atoms with Gasteiger partial charge in [0.1, 0.15) is 0 Å². The van der Waals surface area contributed by atoms with Crippen molar-refractivity contribution in [2.45, 2.75) is 77.8 Å². The van der Waals surface area contributed by atoms with Crippen molar-refractivity contribution in [3.63, 3.8) is 0 Å². The van der Waals surface area contributed by atoms with Crippen LogP contribution < -0.4 is 5.32 Å². The molecular formula is C18H31N. The number of benzene rings is 1. The molecule has 0 amide bonds. The molecule has 1 aromatic carbocycles. The van der Waals surface area contributed by atoms with Gasteiger partial charge in [-0.05, 0) is 32.3 Å². The smallest absolute Gasteiger partial charge is 0.00816 e. The van der Waals surface area contributed by atoms with Crippen molar-refractivity contribution in [3.05, 3.63) is 35.9 Å². The molecule has 0 aliphatic carbocycles. The summed E-state index contributed by atoms with van der Waals surface area (Å²) in [7, 11) is 0. The van der Waals surface area contributed by atoms with Gasteiger partial charge in [0.25, 0.3) is 0 Å². The van der Waals surface area contributed by atoms with Gasteiger partial charge in [0.15, 0.2) is 0 Å². The van der Waals surface area contributed by atoms with Crippen molar-refractivity contribution in [2.75, 3.05) is 0 Å². The minimum Gasteiger partial charge on any atom is -0.311 e. The van der Waals surface area contributed by atoms with Gasteiger partial charge in [-0.15, -0.1) is 0 Å². The zero-order valence-corrected chi connectivity index (χ0v) is 13.0. The van der Waals surface area contributed by atoms with Gasteiger partial charge in [0.05, 0.1) is 0 Å². The van der Waals surface area contributed by atoms with E-state index in [0.717, 1.165) is 6.42 Å². The summed E-state index contributed by atoms with van der Waals surface area (Å²) in [6.45, 7) is 6.89. The molecule has 0 radical (unpaired) electrons. The first-order chi connectivity index (χ1) is 9.22. The van der Waals surface area contributed by atoms with Gasteiger partial charge < -0.3 is 5.32 Å². The maximum atomic E-state index is 3.72. The third-order valence-electron chi connectivity index (χ3n) is 3.69. The Kier molecular flexibility index (Phi) is 8.57. The van der Waals surface area contributed by atoms with E-state index in [0.29, 0.717) is 12.1 Å². The summed E-state index contributed by atoms with van der Waals surface area (Å²) in [5.74, 6) is 0. The van der Waals surface area contributed by atoms with Crippen molar-refractivity contribution >= 4 is 0 Å². The second-order valence-electron chi connectivity index (χ2n) is 5.86. The van der Waals surface area contributed by atoms with Gasteiger partial charge in [-0.1, -0.05) is 69.4 Å². The zero-order chi connectivity index (χ0) is 13.9. The lowest BCUT2D eigenvalue weighted by atomic mass is 10.0. The Bertz CT molecular complexity index is 307. The topological polar surface area (TPSA) is 12.0 Å². The molecular weight excluding hydrogens is 230 g/mol. The predicted octanol–water partition coefficient (Wildman–Crippen LogP) is 4.96. The quantitative estimate of drug-likeness (QED) is 0.587. The van der Waals surface area contributed by atoms with Crippen molar-refractivity contribution in [1.82, 2.24) is 5.32 Å². The van der Waals surface area contributed by atoms with Gasteiger partial charge in [0, 0.05) is 12.1 Å². The molecule has 0 spiro atoms. The second-order valence-corrected chi connectivity index (χ2v) is 5.86. The van der Waals surface area contributed by atoms with E-state index in [2.05, 4.69) is 56.4 Å². The number of hydrogen-bond donors (Lipinski definition) is 1. The Morgan fingerprint density at radius 2 is 1.58 bits per heavy atom. The highest BCUT2D eigenvalue weighted by atomic mass is 14.9. The lowest BCUT2D eigenvalue weighted by molar-refractivity contribution is 0.427. The minimum atomic E-state index is 0.563. The normalized spacial score (nSPS) is 14.3. The molecule has 1 nitrogen and oxygen atoms in total. The summed E-state index contributed by atoms with van der Waals surface area (Å²) < 4.78 is 0. The van der Waals surface area contributed by atoms with Crippen molar-refractivity contribution in [1.29, 1.82) is 0 Å². The van der Waals surface area contributed by atoms with Crippen LogP contribution in [-0.2, 0) is 6.42 Å². The second kappa shape index (κ2) is 10.0. The molecule has 0 aromatic heterocycles. The molecule has 0 saturated carbocycles. The van der Waals surface area contributed by atoms with E-state index in [1.54, 1.807) is 0 Å². The third-order valence-corrected chi connectivity index (χ3v) is 3.69. The highest BCUT2D eigenvalue weighted by Crippen LogP contribution is 2.09. The van der Waals surface area contributed by atoms with Gasteiger partial charge in [-0.25, -0.2) is 0 Å². The Balaban J connectivity index is 2.12. The molecule has 0 aliphatic rings. The molecule has 1 rings (SSSR count). The summed E-state index contributed by atoms with van der Waals surface area (Å²) in [5.41, 5.74) is 1.43. The molecule has 0 bridgehead atoms. The summed E-state index contributed by atoms with van der Waals surface area (Å²) in [6, 6.07) is 12.0. The Morgan fingerprint density at radius 3 is 2.26 bits per heavy atom. The van der Waals surface area contributed by atoms with Crippen molar-refractivity contribution in [3.8, 4) is 0 Å². The van der Waals surface area contributed by atoms with Crippen LogP contribution in [0.25, 0.3) is 0 Å². The summed E-state index contributed by atoms with van der Waals surface area (Å²) in [6.07, 6.45) is 9.33. The Hall–Kier alpha value is -0.820. The van der Waals surface area contributed by atoms with E-state index in [1.807, 2.05) is 0 Å². The zero-order valence-electron chi connectivity index (χ0n) is 13.0. The molecule has 1 heteroatoms. The largest absolute Gasteiger partial charge is 0.311 e. The summed E-state index contributed by atoms with van der Waals surface area (Å²) in [4.78, 5) is 0. The Morgan fingerprint density at radius 1 is 0.895 bits per heavy atom. The van der Waals surface area contributed by atoms with Crippen LogP contribution in [-0.4, -0.2) is 12.1 Å². The average molecular weight is 261 g/mol. The average Bonchev–Trinajstić information content (AvgIpc) is 2.39. The van der Waals surface area contributed by atoms with Gasteiger partial charge in [-0.3, -0.25) is 0 Å².